The fourth-order valence-corrected chi connectivity index (χ4v) is 4.42. The number of rotatable bonds is 6. The molecule has 1 amide bonds. The van der Waals surface area contributed by atoms with E-state index in [2.05, 4.69) is 20.5 Å². The van der Waals surface area contributed by atoms with E-state index >= 15 is 0 Å². The third-order valence-corrected chi connectivity index (χ3v) is 6.17. The lowest BCUT2D eigenvalue weighted by Gasteiger charge is -2.23. The van der Waals surface area contributed by atoms with Crippen LogP contribution in [0.2, 0.25) is 5.02 Å². The largest absolute Gasteiger partial charge is 0.465 e. The summed E-state index contributed by atoms with van der Waals surface area (Å²) in [5.74, 6) is -1.47. The number of anilines is 1. The number of pyridine rings is 1. The minimum atomic E-state index is -0.918. The second-order valence-electron chi connectivity index (χ2n) is 10.2. The first-order chi connectivity index (χ1) is 19.1. The smallest absolute Gasteiger partial charge is 0.412 e. The fraction of sp³-hybridized carbons (Fsp3) is 0.321. The van der Waals surface area contributed by atoms with Crippen molar-refractivity contribution in [1.29, 1.82) is 0 Å². The van der Waals surface area contributed by atoms with Gasteiger partial charge in [-0.2, -0.15) is 10.1 Å². The molecule has 0 radical (unpaired) electrons. The average Bonchev–Trinajstić information content (AvgIpc) is 3.29. The Morgan fingerprint density at radius 1 is 1.15 bits per heavy atom. The average molecular weight is 573 g/mol. The molecule has 3 heterocycles. The summed E-state index contributed by atoms with van der Waals surface area (Å²) in [5.41, 5.74) is 0.611. The highest BCUT2D eigenvalue weighted by Crippen LogP contribution is 2.39. The second-order valence-corrected chi connectivity index (χ2v) is 10.6. The zero-order valence-corrected chi connectivity index (χ0v) is 22.8. The monoisotopic (exact) mass is 572 g/mol. The van der Waals surface area contributed by atoms with Crippen LogP contribution in [-0.4, -0.2) is 39.8 Å². The minimum absolute atomic E-state index is 0.0931. The molecule has 1 aliphatic rings. The zero-order chi connectivity index (χ0) is 28.4. The van der Waals surface area contributed by atoms with Gasteiger partial charge in [0.05, 0.1) is 28.4 Å². The molecule has 0 saturated carbocycles. The summed E-state index contributed by atoms with van der Waals surface area (Å²) in [6.45, 7) is 5.83. The van der Waals surface area contributed by atoms with Gasteiger partial charge in [0, 0.05) is 24.1 Å². The molecule has 1 unspecified atom stereocenters. The van der Waals surface area contributed by atoms with E-state index in [1.54, 1.807) is 39.0 Å². The summed E-state index contributed by atoms with van der Waals surface area (Å²) in [6.07, 6.45) is 1.75. The highest BCUT2D eigenvalue weighted by atomic mass is 35.5. The van der Waals surface area contributed by atoms with Crippen LogP contribution in [0.5, 0.6) is 17.4 Å². The summed E-state index contributed by atoms with van der Waals surface area (Å²) in [5, 5.41) is 10.6. The molecule has 5 rings (SSSR count). The Morgan fingerprint density at radius 2 is 1.98 bits per heavy atom. The first-order valence-corrected chi connectivity index (χ1v) is 13.0. The summed E-state index contributed by atoms with van der Waals surface area (Å²) >= 11 is 6.65. The molecule has 4 aromatic rings. The molecule has 2 N–H and O–H groups in total. The maximum Gasteiger partial charge on any atom is 0.412 e. The van der Waals surface area contributed by atoms with Crippen molar-refractivity contribution >= 4 is 34.4 Å². The van der Waals surface area contributed by atoms with Gasteiger partial charge in [0.15, 0.2) is 23.5 Å². The van der Waals surface area contributed by atoms with Crippen LogP contribution < -0.4 is 14.8 Å². The topological polar surface area (TPSA) is 108 Å². The number of fused-ring (bicyclic) bond motifs is 1. The van der Waals surface area contributed by atoms with Crippen LogP contribution >= 0.6 is 11.6 Å². The third kappa shape index (κ3) is 6.43. The van der Waals surface area contributed by atoms with Crippen LogP contribution in [0.1, 0.15) is 40.0 Å². The van der Waals surface area contributed by atoms with E-state index in [-0.39, 0.29) is 29.3 Å². The van der Waals surface area contributed by atoms with Crippen LogP contribution in [-0.2, 0) is 9.47 Å². The van der Waals surface area contributed by atoms with E-state index in [9.17, 15) is 13.6 Å². The zero-order valence-electron chi connectivity index (χ0n) is 22.0. The lowest BCUT2D eigenvalue weighted by Crippen LogP contribution is -2.27. The van der Waals surface area contributed by atoms with Gasteiger partial charge >= 0.3 is 6.09 Å². The van der Waals surface area contributed by atoms with Crippen molar-refractivity contribution in [1.82, 2.24) is 15.2 Å². The van der Waals surface area contributed by atoms with Crippen molar-refractivity contribution in [2.24, 2.45) is 0 Å². The summed E-state index contributed by atoms with van der Waals surface area (Å²) in [7, 11) is 0. The Kier molecular flexibility index (Phi) is 7.77. The van der Waals surface area contributed by atoms with E-state index in [0.29, 0.717) is 40.1 Å². The van der Waals surface area contributed by atoms with Crippen LogP contribution in [0.25, 0.3) is 22.3 Å². The fourth-order valence-electron chi connectivity index (χ4n) is 4.16. The van der Waals surface area contributed by atoms with Crippen molar-refractivity contribution in [3.63, 3.8) is 0 Å². The number of carbonyl (C=O) groups is 1. The van der Waals surface area contributed by atoms with Crippen molar-refractivity contribution < 1.29 is 32.5 Å². The highest BCUT2D eigenvalue weighted by molar-refractivity contribution is 6.34. The molecular formula is C28H27ClF2N4O5. The Hall–Kier alpha value is -3.96. The normalized spacial score (nSPS) is 15.6. The summed E-state index contributed by atoms with van der Waals surface area (Å²) in [6, 6.07) is 9.45. The molecule has 2 aromatic heterocycles. The number of nitrogens with one attached hydrogen (secondary N) is 2. The number of aromatic nitrogens is 3. The van der Waals surface area contributed by atoms with Gasteiger partial charge in [0.1, 0.15) is 17.2 Å². The first kappa shape index (κ1) is 27.6. The number of amides is 1. The highest BCUT2D eigenvalue weighted by Gasteiger charge is 2.23. The van der Waals surface area contributed by atoms with E-state index in [1.807, 2.05) is 0 Å². The number of H-pyrrole nitrogens is 1. The van der Waals surface area contributed by atoms with Crippen LogP contribution in [0.3, 0.4) is 0 Å². The molecule has 9 nitrogen and oxygen atoms in total. The van der Waals surface area contributed by atoms with Gasteiger partial charge in [-0.05, 0) is 63.9 Å². The molecule has 1 saturated heterocycles. The maximum absolute atomic E-state index is 14.3. The first-order valence-electron chi connectivity index (χ1n) is 12.7. The molecule has 0 aliphatic carbocycles. The number of hydrogen-bond donors (Lipinski definition) is 2. The molecule has 1 fully saturated rings. The molecule has 1 aliphatic heterocycles. The minimum Gasteiger partial charge on any atom is -0.465 e. The lowest BCUT2D eigenvalue weighted by atomic mass is 10.1. The van der Waals surface area contributed by atoms with Crippen molar-refractivity contribution in [3.05, 3.63) is 59.1 Å². The number of hydrogen-bond acceptors (Lipinski definition) is 7. The number of halogens is 3. The molecule has 1 atom stereocenters. The van der Waals surface area contributed by atoms with Gasteiger partial charge in [-0.1, -0.05) is 11.6 Å². The quantitative estimate of drug-likeness (QED) is 0.245. The Morgan fingerprint density at radius 3 is 2.67 bits per heavy atom. The molecule has 40 heavy (non-hydrogen) atoms. The number of nitrogens with zero attached hydrogens (tertiary/aromatic N) is 2. The van der Waals surface area contributed by atoms with Crippen LogP contribution in [0.4, 0.5) is 19.3 Å². The summed E-state index contributed by atoms with van der Waals surface area (Å²) < 4.78 is 50.2. The molecular weight excluding hydrogens is 546 g/mol. The van der Waals surface area contributed by atoms with E-state index in [4.69, 9.17) is 30.5 Å². The molecule has 210 valence electrons. The molecule has 0 spiro atoms. The number of benzene rings is 2. The number of aromatic amines is 1. The van der Waals surface area contributed by atoms with Crippen molar-refractivity contribution in [3.8, 4) is 28.6 Å². The van der Waals surface area contributed by atoms with Gasteiger partial charge in [-0.3, -0.25) is 10.4 Å². The maximum atomic E-state index is 14.3. The number of carbonyl (C=O) groups excluding carboxylic acids is 1. The molecule has 2 aromatic carbocycles. The summed E-state index contributed by atoms with van der Waals surface area (Å²) in [4.78, 5) is 17.1. The van der Waals surface area contributed by atoms with Gasteiger partial charge in [-0.15, -0.1) is 0 Å². The predicted octanol–water partition coefficient (Wildman–Crippen LogP) is 7.60. The molecule has 0 bridgehead atoms. The van der Waals surface area contributed by atoms with Crippen molar-refractivity contribution in [2.75, 3.05) is 11.9 Å². The van der Waals surface area contributed by atoms with Gasteiger partial charge in [0.25, 0.3) is 0 Å². The van der Waals surface area contributed by atoms with Crippen molar-refractivity contribution in [2.45, 2.75) is 51.9 Å². The van der Waals surface area contributed by atoms with E-state index < -0.39 is 23.3 Å². The standard InChI is InChI=1S/C28H27ClF2N4O5/c1-28(2,3)40-27(36)32-20-14-22(39-21-10-7-15(30)12-19(21)31)33-26-24(20)25(34-35-26)17-9-8-16(13-18(17)29)38-23-6-4-5-11-37-23/h7-10,12-14,23H,4-6,11H2,1-3H3,(H2,32,33,34,35,36). The van der Waals surface area contributed by atoms with Gasteiger partial charge in [-0.25, -0.2) is 13.6 Å². The van der Waals surface area contributed by atoms with Crippen LogP contribution in [0, 0.1) is 11.6 Å². The van der Waals surface area contributed by atoms with Crippen LogP contribution in [0.15, 0.2) is 42.5 Å². The second kappa shape index (κ2) is 11.3. The number of ether oxygens (including phenoxy) is 4. The van der Waals surface area contributed by atoms with E-state index in [0.717, 1.165) is 31.4 Å². The predicted molar refractivity (Wildman–Crippen MR) is 145 cm³/mol. The Labute approximate surface area is 233 Å². The van der Waals surface area contributed by atoms with E-state index in [1.165, 1.54) is 6.07 Å². The Bertz CT molecular complexity index is 1550. The van der Waals surface area contributed by atoms with Gasteiger partial charge < -0.3 is 18.9 Å². The lowest BCUT2D eigenvalue weighted by molar-refractivity contribution is -0.105. The van der Waals surface area contributed by atoms with Gasteiger partial charge in [0.2, 0.25) is 5.88 Å². The Balaban J connectivity index is 1.52. The molecule has 12 heteroatoms. The third-order valence-electron chi connectivity index (χ3n) is 5.86. The SMILES string of the molecule is CC(C)(C)OC(=O)Nc1cc(Oc2ccc(F)cc2F)nc2n[nH]c(-c3ccc(OC4CCCCO4)cc3Cl)c12.